The molecule has 198 valence electrons. The molecule has 10 heteroatoms. The van der Waals surface area contributed by atoms with E-state index >= 15 is 0 Å². The normalized spacial score (nSPS) is 30.0. The van der Waals surface area contributed by atoms with Crippen LogP contribution in [0.4, 0.5) is 10.5 Å². The number of nitrogens with one attached hydrogen (secondary N) is 2. The first-order chi connectivity index (χ1) is 17.3. The molecule has 0 radical (unpaired) electrons. The molecule has 1 aliphatic carbocycles. The van der Waals surface area contributed by atoms with Crippen molar-refractivity contribution in [2.45, 2.75) is 65.5 Å². The Balaban J connectivity index is 1.24. The zero-order valence-electron chi connectivity index (χ0n) is 21.7. The van der Waals surface area contributed by atoms with Gasteiger partial charge in [-0.1, -0.05) is 33.8 Å². The van der Waals surface area contributed by atoms with E-state index in [0.29, 0.717) is 24.7 Å². The van der Waals surface area contributed by atoms with Crippen molar-refractivity contribution in [2.24, 2.45) is 22.7 Å². The minimum absolute atomic E-state index is 0.00759. The van der Waals surface area contributed by atoms with Crippen molar-refractivity contribution in [3.63, 3.8) is 0 Å². The number of anilines is 1. The molecule has 3 heterocycles. The Morgan fingerprint density at radius 2 is 1.89 bits per heavy atom. The summed E-state index contributed by atoms with van der Waals surface area (Å²) in [4.78, 5) is 64.4. The quantitative estimate of drug-likeness (QED) is 0.518. The molecule has 0 bridgehead atoms. The van der Waals surface area contributed by atoms with Crippen LogP contribution in [0.2, 0.25) is 0 Å². The number of nitrogens with zero attached hydrogens (tertiary/aromatic N) is 2. The van der Waals surface area contributed by atoms with Crippen molar-refractivity contribution >= 4 is 35.4 Å². The third kappa shape index (κ3) is 3.97. The lowest BCUT2D eigenvalue weighted by Crippen LogP contribution is -2.74. The lowest BCUT2D eigenvalue weighted by Gasteiger charge is -2.68. The lowest BCUT2D eigenvalue weighted by atomic mass is 9.47. The number of hydrogen-bond acceptors (Lipinski definition) is 6. The molecule has 1 aromatic carbocycles. The predicted octanol–water partition coefficient (Wildman–Crippen LogP) is 2.94. The SMILES string of the molecule is C[C@@H](CNc1cccc2c1C(=O)N(C1CCC(=O)NC1=O)C2=O)C1CC2(C1)CN(C(=O)O)C2C(C)(C)C. The summed E-state index contributed by atoms with van der Waals surface area (Å²) in [6.07, 6.45) is 1.28. The lowest BCUT2D eigenvalue weighted by molar-refractivity contribution is -0.179. The van der Waals surface area contributed by atoms with Gasteiger partial charge in [-0.15, -0.1) is 0 Å². The van der Waals surface area contributed by atoms with Gasteiger partial charge in [0.25, 0.3) is 11.8 Å². The third-order valence-corrected chi connectivity index (χ3v) is 8.67. The van der Waals surface area contributed by atoms with E-state index < -0.39 is 35.8 Å². The Bertz CT molecular complexity index is 1200. The van der Waals surface area contributed by atoms with Gasteiger partial charge in [-0.05, 0) is 48.6 Å². The second kappa shape index (κ2) is 8.56. The molecule has 1 aromatic rings. The van der Waals surface area contributed by atoms with Gasteiger partial charge in [0.2, 0.25) is 11.8 Å². The number of piperidine rings is 1. The molecule has 5 amide bonds. The first-order valence-corrected chi connectivity index (χ1v) is 12.9. The van der Waals surface area contributed by atoms with Crippen molar-refractivity contribution in [1.82, 2.24) is 15.1 Å². The number of carbonyl (C=O) groups excluding carboxylic acids is 4. The van der Waals surface area contributed by atoms with E-state index in [1.165, 1.54) is 0 Å². The molecule has 0 aromatic heterocycles. The Morgan fingerprint density at radius 3 is 2.51 bits per heavy atom. The molecule has 10 nitrogen and oxygen atoms in total. The number of likely N-dealkylation sites (tertiary alicyclic amines) is 1. The zero-order valence-corrected chi connectivity index (χ0v) is 21.7. The summed E-state index contributed by atoms with van der Waals surface area (Å²) in [5, 5.41) is 15.1. The molecule has 3 aliphatic heterocycles. The molecule has 5 rings (SSSR count). The van der Waals surface area contributed by atoms with Gasteiger partial charge < -0.3 is 15.3 Å². The highest BCUT2D eigenvalue weighted by molar-refractivity contribution is 6.25. The highest BCUT2D eigenvalue weighted by Crippen LogP contribution is 2.62. The van der Waals surface area contributed by atoms with Crippen molar-refractivity contribution < 1.29 is 29.1 Å². The first-order valence-electron chi connectivity index (χ1n) is 12.9. The first kappa shape index (κ1) is 25.2. The number of hydrogen-bond donors (Lipinski definition) is 3. The van der Waals surface area contributed by atoms with E-state index in [9.17, 15) is 29.1 Å². The fraction of sp³-hybridized carbons (Fsp3) is 0.593. The number of amides is 5. The van der Waals surface area contributed by atoms with Gasteiger partial charge >= 0.3 is 6.09 Å². The third-order valence-electron chi connectivity index (χ3n) is 8.67. The summed E-state index contributed by atoms with van der Waals surface area (Å²) in [6, 6.07) is 4.08. The summed E-state index contributed by atoms with van der Waals surface area (Å²) in [5.74, 6) is -1.36. The number of rotatable bonds is 5. The number of carbonyl (C=O) groups is 5. The van der Waals surface area contributed by atoms with Crippen LogP contribution in [0.1, 0.15) is 74.1 Å². The van der Waals surface area contributed by atoms with Gasteiger partial charge in [-0.3, -0.25) is 29.4 Å². The van der Waals surface area contributed by atoms with Gasteiger partial charge in [-0.2, -0.15) is 0 Å². The second-order valence-corrected chi connectivity index (χ2v) is 12.2. The van der Waals surface area contributed by atoms with Crippen LogP contribution in [-0.2, 0) is 9.59 Å². The van der Waals surface area contributed by atoms with Crippen LogP contribution >= 0.6 is 0 Å². The molecule has 3 N–H and O–H groups in total. The summed E-state index contributed by atoms with van der Waals surface area (Å²) in [7, 11) is 0. The van der Waals surface area contributed by atoms with Gasteiger partial charge in [-0.25, -0.2) is 4.79 Å². The maximum Gasteiger partial charge on any atom is 0.407 e. The average molecular weight is 511 g/mol. The molecule has 2 saturated heterocycles. The van der Waals surface area contributed by atoms with E-state index in [-0.39, 0.29) is 46.8 Å². The molecule has 4 aliphatic rings. The van der Waals surface area contributed by atoms with Crippen molar-refractivity contribution in [3.8, 4) is 0 Å². The molecular formula is C27H34N4O6. The highest BCUT2D eigenvalue weighted by Gasteiger charge is 2.64. The molecule has 3 atom stereocenters. The number of imide groups is 2. The van der Waals surface area contributed by atoms with E-state index in [0.717, 1.165) is 17.7 Å². The Hall–Kier alpha value is -3.43. The van der Waals surface area contributed by atoms with Crippen LogP contribution in [0.15, 0.2) is 18.2 Å². The molecule has 2 unspecified atom stereocenters. The molecular weight excluding hydrogens is 476 g/mol. The molecule has 1 spiro atoms. The maximum absolute atomic E-state index is 13.3. The van der Waals surface area contributed by atoms with Gasteiger partial charge in [0.05, 0.1) is 11.1 Å². The molecule has 3 fully saturated rings. The summed E-state index contributed by atoms with van der Waals surface area (Å²) >= 11 is 0. The molecule has 1 saturated carbocycles. The monoisotopic (exact) mass is 510 g/mol. The van der Waals surface area contributed by atoms with Crippen molar-refractivity contribution in [2.75, 3.05) is 18.4 Å². The van der Waals surface area contributed by atoms with E-state index in [1.54, 1.807) is 23.1 Å². The van der Waals surface area contributed by atoms with Crippen LogP contribution in [0.25, 0.3) is 0 Å². The predicted molar refractivity (Wildman–Crippen MR) is 134 cm³/mol. The summed E-state index contributed by atoms with van der Waals surface area (Å²) < 4.78 is 0. The number of fused-ring (bicyclic) bond motifs is 1. The maximum atomic E-state index is 13.3. The van der Waals surface area contributed by atoms with Crippen LogP contribution in [0, 0.1) is 22.7 Å². The average Bonchev–Trinajstić information content (AvgIpc) is 3.00. The zero-order chi connectivity index (χ0) is 26.9. The summed E-state index contributed by atoms with van der Waals surface area (Å²) in [6.45, 7) is 9.62. The second-order valence-electron chi connectivity index (χ2n) is 12.2. The van der Waals surface area contributed by atoms with Crippen LogP contribution in [-0.4, -0.2) is 69.8 Å². The van der Waals surface area contributed by atoms with Crippen LogP contribution in [0.5, 0.6) is 0 Å². The Labute approximate surface area is 215 Å². The van der Waals surface area contributed by atoms with Crippen molar-refractivity contribution in [1.29, 1.82) is 0 Å². The van der Waals surface area contributed by atoms with Gasteiger partial charge in [0.15, 0.2) is 0 Å². The highest BCUT2D eigenvalue weighted by atomic mass is 16.4. The van der Waals surface area contributed by atoms with E-state index in [2.05, 4.69) is 38.3 Å². The topological polar surface area (TPSA) is 136 Å². The minimum atomic E-state index is -0.994. The summed E-state index contributed by atoms with van der Waals surface area (Å²) in [5.41, 5.74) is 0.980. The fourth-order valence-corrected chi connectivity index (χ4v) is 7.14. The van der Waals surface area contributed by atoms with Crippen LogP contribution in [0.3, 0.4) is 0 Å². The van der Waals surface area contributed by atoms with E-state index in [4.69, 9.17) is 0 Å². The van der Waals surface area contributed by atoms with Crippen LogP contribution < -0.4 is 10.6 Å². The van der Waals surface area contributed by atoms with Gasteiger partial charge in [0, 0.05) is 36.7 Å². The minimum Gasteiger partial charge on any atom is -0.465 e. The number of carboxylic acid groups (broad SMARTS) is 1. The van der Waals surface area contributed by atoms with E-state index in [1.807, 2.05) is 0 Å². The largest absolute Gasteiger partial charge is 0.465 e. The van der Waals surface area contributed by atoms with Gasteiger partial charge in [0.1, 0.15) is 6.04 Å². The Kier molecular flexibility index (Phi) is 5.84. The van der Waals surface area contributed by atoms with Crippen molar-refractivity contribution in [3.05, 3.63) is 29.3 Å². The fourth-order valence-electron chi connectivity index (χ4n) is 7.14. The molecule has 37 heavy (non-hydrogen) atoms. The standard InChI is InChI=1S/C27H34N4O6/c1-14(15-10-27(11-15)13-30(25(36)37)24(27)26(2,3)4)12-28-17-7-5-6-16-20(17)23(35)31(22(16)34)18-8-9-19(32)29-21(18)33/h5-7,14-15,18,24,28H,8-13H2,1-4H3,(H,36,37)(H,29,32,33)/t14-,15?,18?,24?,27?/m0/s1. The number of benzene rings is 1. The Morgan fingerprint density at radius 1 is 1.19 bits per heavy atom. The smallest absolute Gasteiger partial charge is 0.407 e.